The fourth-order valence-electron chi connectivity index (χ4n) is 4.34. The molecule has 158 valence electrons. The second-order valence-electron chi connectivity index (χ2n) is 8.21. The Hall–Kier alpha value is -2.37. The highest BCUT2D eigenvalue weighted by Crippen LogP contribution is 2.26. The molecular weight excluding hydrogens is 366 g/mol. The van der Waals surface area contributed by atoms with Crippen molar-refractivity contribution in [1.29, 1.82) is 0 Å². The van der Waals surface area contributed by atoms with Crippen LogP contribution in [0.1, 0.15) is 63.5 Å². The summed E-state index contributed by atoms with van der Waals surface area (Å²) >= 11 is 0. The van der Waals surface area contributed by atoms with Gasteiger partial charge in [0.25, 0.3) is 0 Å². The minimum Gasteiger partial charge on any atom is -0.354 e. The number of carbonyl (C=O) groups is 3. The largest absolute Gasteiger partial charge is 0.354 e. The molecule has 0 aromatic heterocycles. The number of hydrogen-bond acceptors (Lipinski definition) is 3. The topological polar surface area (TPSA) is 69.7 Å². The highest BCUT2D eigenvalue weighted by Gasteiger charge is 2.39. The summed E-state index contributed by atoms with van der Waals surface area (Å²) < 4.78 is 0. The molecule has 1 atom stereocenters. The third-order valence-electron chi connectivity index (χ3n) is 6.09. The zero-order valence-electron chi connectivity index (χ0n) is 17.4. The van der Waals surface area contributed by atoms with Crippen molar-refractivity contribution in [2.45, 2.75) is 57.9 Å². The molecule has 3 amide bonds. The van der Waals surface area contributed by atoms with Crippen LogP contribution in [0.15, 0.2) is 30.3 Å². The zero-order valence-corrected chi connectivity index (χ0v) is 17.4. The Morgan fingerprint density at radius 2 is 1.79 bits per heavy atom. The summed E-state index contributed by atoms with van der Waals surface area (Å²) in [5.41, 5.74) is 0.747. The van der Waals surface area contributed by atoms with Crippen LogP contribution in [0.25, 0.3) is 0 Å². The second kappa shape index (κ2) is 10.4. The third kappa shape index (κ3) is 5.37. The highest BCUT2D eigenvalue weighted by molar-refractivity contribution is 6.35. The predicted molar refractivity (Wildman–Crippen MR) is 112 cm³/mol. The van der Waals surface area contributed by atoms with Crippen LogP contribution >= 0.6 is 0 Å². The molecule has 2 fully saturated rings. The van der Waals surface area contributed by atoms with Crippen LogP contribution in [0, 0.1) is 5.92 Å². The van der Waals surface area contributed by atoms with Gasteiger partial charge in [0.1, 0.15) is 6.04 Å². The molecule has 3 rings (SSSR count). The third-order valence-corrected chi connectivity index (χ3v) is 6.09. The predicted octanol–water partition coefficient (Wildman–Crippen LogP) is 2.90. The van der Waals surface area contributed by atoms with E-state index in [1.807, 2.05) is 30.3 Å². The maximum absolute atomic E-state index is 13.2. The van der Waals surface area contributed by atoms with E-state index in [9.17, 15) is 14.4 Å². The molecular formula is C23H33N3O3. The average Bonchev–Trinajstić information content (AvgIpc) is 2.76. The number of hydrogen-bond donors (Lipinski definition) is 1. The molecule has 1 saturated carbocycles. The average molecular weight is 400 g/mol. The van der Waals surface area contributed by atoms with Crippen LogP contribution in [0.4, 0.5) is 0 Å². The van der Waals surface area contributed by atoms with Gasteiger partial charge in [-0.15, -0.1) is 0 Å². The zero-order chi connectivity index (χ0) is 20.6. The summed E-state index contributed by atoms with van der Waals surface area (Å²) in [4.78, 5) is 41.7. The standard InChI is InChI=1S/C23H33N3O3/c1-2-3-14-25-15-16-26(23(29)22(25)28)20(19-12-8-5-9-13-19)21(27)24-17-18-10-6-4-7-11-18/h5,8-9,12-13,18,20H,2-4,6-7,10-11,14-17H2,1H3,(H,24,27)/t20-/m1/s1. The van der Waals surface area contributed by atoms with Gasteiger partial charge < -0.3 is 15.1 Å². The van der Waals surface area contributed by atoms with Gasteiger partial charge in [-0.3, -0.25) is 14.4 Å². The van der Waals surface area contributed by atoms with Crippen LogP contribution in [-0.2, 0) is 14.4 Å². The van der Waals surface area contributed by atoms with Gasteiger partial charge in [0, 0.05) is 26.2 Å². The van der Waals surface area contributed by atoms with E-state index < -0.39 is 17.9 Å². The summed E-state index contributed by atoms with van der Waals surface area (Å²) in [7, 11) is 0. The summed E-state index contributed by atoms with van der Waals surface area (Å²) in [6.07, 6.45) is 7.84. The number of rotatable bonds is 8. The molecule has 1 aromatic rings. The lowest BCUT2D eigenvalue weighted by molar-refractivity contribution is -0.159. The van der Waals surface area contributed by atoms with Crippen molar-refractivity contribution in [2.75, 3.05) is 26.2 Å². The molecule has 1 heterocycles. The summed E-state index contributed by atoms with van der Waals surface area (Å²) in [5.74, 6) is -0.753. The first-order chi connectivity index (χ1) is 14.1. The molecule has 1 aliphatic heterocycles. The number of piperazine rings is 1. The quantitative estimate of drug-likeness (QED) is 0.684. The molecule has 6 heteroatoms. The van der Waals surface area contributed by atoms with E-state index in [-0.39, 0.29) is 5.91 Å². The molecule has 0 radical (unpaired) electrons. The second-order valence-corrected chi connectivity index (χ2v) is 8.21. The van der Waals surface area contributed by atoms with Gasteiger partial charge in [-0.1, -0.05) is 62.9 Å². The van der Waals surface area contributed by atoms with Crippen molar-refractivity contribution >= 4 is 17.7 Å². The van der Waals surface area contributed by atoms with Gasteiger partial charge >= 0.3 is 11.8 Å². The first-order valence-corrected chi connectivity index (χ1v) is 11.0. The molecule has 29 heavy (non-hydrogen) atoms. The Morgan fingerprint density at radius 1 is 1.07 bits per heavy atom. The van der Waals surface area contributed by atoms with Crippen LogP contribution in [0.3, 0.4) is 0 Å². The lowest BCUT2D eigenvalue weighted by Gasteiger charge is -2.38. The van der Waals surface area contributed by atoms with Gasteiger partial charge in [-0.25, -0.2) is 0 Å². The van der Waals surface area contributed by atoms with Crippen LogP contribution in [0.5, 0.6) is 0 Å². The SMILES string of the molecule is CCCCN1CCN([C@@H](C(=O)NCC2CCCCC2)c2ccccc2)C(=O)C1=O. The Balaban J connectivity index is 1.73. The number of nitrogens with one attached hydrogen (secondary N) is 1. The van der Waals surface area contributed by atoms with E-state index >= 15 is 0 Å². The van der Waals surface area contributed by atoms with Crippen molar-refractivity contribution < 1.29 is 14.4 Å². The Bertz CT molecular complexity index is 701. The summed E-state index contributed by atoms with van der Waals surface area (Å²) in [6.45, 7) is 4.15. The van der Waals surface area contributed by atoms with Gasteiger partial charge in [-0.05, 0) is 30.7 Å². The molecule has 0 unspecified atom stereocenters. The number of nitrogens with zero attached hydrogens (tertiary/aromatic N) is 2. The molecule has 1 aromatic carbocycles. The van der Waals surface area contributed by atoms with Crippen LogP contribution in [-0.4, -0.2) is 53.7 Å². The number of benzene rings is 1. The number of unbranched alkanes of at least 4 members (excludes halogenated alkanes) is 1. The van der Waals surface area contributed by atoms with Crippen molar-refractivity contribution in [2.24, 2.45) is 5.92 Å². The van der Waals surface area contributed by atoms with Crippen molar-refractivity contribution in [1.82, 2.24) is 15.1 Å². The monoisotopic (exact) mass is 399 g/mol. The normalized spacial score (nSPS) is 19.3. The molecule has 0 spiro atoms. The smallest absolute Gasteiger partial charge is 0.313 e. The number of carbonyl (C=O) groups excluding carboxylic acids is 3. The first-order valence-electron chi connectivity index (χ1n) is 11.0. The van der Waals surface area contributed by atoms with E-state index in [0.717, 1.165) is 31.2 Å². The maximum atomic E-state index is 13.2. The minimum atomic E-state index is -0.760. The lowest BCUT2D eigenvalue weighted by Crippen LogP contribution is -2.57. The van der Waals surface area contributed by atoms with E-state index in [1.54, 1.807) is 4.90 Å². The van der Waals surface area contributed by atoms with Gasteiger partial charge in [0.15, 0.2) is 0 Å². The molecule has 1 aliphatic carbocycles. The van der Waals surface area contributed by atoms with E-state index in [2.05, 4.69) is 12.2 Å². The molecule has 0 bridgehead atoms. The molecule has 2 aliphatic rings. The Morgan fingerprint density at radius 3 is 2.48 bits per heavy atom. The maximum Gasteiger partial charge on any atom is 0.313 e. The minimum absolute atomic E-state index is 0.190. The fraction of sp³-hybridized carbons (Fsp3) is 0.609. The van der Waals surface area contributed by atoms with E-state index in [1.165, 1.54) is 24.2 Å². The lowest BCUT2D eigenvalue weighted by atomic mass is 9.89. The summed E-state index contributed by atoms with van der Waals surface area (Å²) in [6, 6.07) is 8.56. The molecule has 1 N–H and O–H groups in total. The highest BCUT2D eigenvalue weighted by atomic mass is 16.2. The van der Waals surface area contributed by atoms with Gasteiger partial charge in [-0.2, -0.15) is 0 Å². The van der Waals surface area contributed by atoms with Gasteiger partial charge in [0.2, 0.25) is 5.91 Å². The molecule has 1 saturated heterocycles. The van der Waals surface area contributed by atoms with Crippen molar-refractivity contribution in [3.8, 4) is 0 Å². The van der Waals surface area contributed by atoms with Crippen LogP contribution in [0.2, 0.25) is 0 Å². The summed E-state index contributed by atoms with van der Waals surface area (Å²) in [5, 5.41) is 3.07. The van der Waals surface area contributed by atoms with Crippen molar-refractivity contribution in [3.63, 3.8) is 0 Å². The van der Waals surface area contributed by atoms with E-state index in [4.69, 9.17) is 0 Å². The van der Waals surface area contributed by atoms with Gasteiger partial charge in [0.05, 0.1) is 0 Å². The molecule has 6 nitrogen and oxygen atoms in total. The first kappa shape index (κ1) is 21.3. The number of amides is 3. The van der Waals surface area contributed by atoms with Crippen molar-refractivity contribution in [3.05, 3.63) is 35.9 Å². The Kier molecular flexibility index (Phi) is 7.67. The van der Waals surface area contributed by atoms with E-state index in [0.29, 0.717) is 32.1 Å². The van der Waals surface area contributed by atoms with Crippen LogP contribution < -0.4 is 5.32 Å². The Labute approximate surface area is 173 Å². The fourth-order valence-corrected chi connectivity index (χ4v) is 4.34.